The SMILES string of the molecule is O=C(Nc1ccccc1)c1c2ccccc2c(C(=O)Nc2ccccc2)c2ccccc12. The predicted molar refractivity (Wildman–Crippen MR) is 130 cm³/mol. The third kappa shape index (κ3) is 3.59. The maximum atomic E-state index is 13.4. The van der Waals surface area contributed by atoms with Crippen LogP contribution in [0.3, 0.4) is 0 Å². The molecule has 5 aromatic rings. The second-order valence-corrected chi connectivity index (χ2v) is 7.48. The fourth-order valence-corrected chi connectivity index (χ4v) is 4.05. The van der Waals surface area contributed by atoms with Crippen LogP contribution in [0, 0.1) is 0 Å². The Morgan fingerprint density at radius 3 is 1.00 bits per heavy atom. The van der Waals surface area contributed by atoms with Gasteiger partial charge in [0.15, 0.2) is 0 Å². The minimum atomic E-state index is -0.210. The summed E-state index contributed by atoms with van der Waals surface area (Å²) in [5, 5.41) is 8.92. The minimum absolute atomic E-state index is 0.210. The highest BCUT2D eigenvalue weighted by atomic mass is 16.2. The molecule has 2 N–H and O–H groups in total. The zero-order valence-electron chi connectivity index (χ0n) is 17.2. The second-order valence-electron chi connectivity index (χ2n) is 7.48. The largest absolute Gasteiger partial charge is 0.322 e. The summed E-state index contributed by atoms with van der Waals surface area (Å²) < 4.78 is 0. The molecule has 0 fully saturated rings. The van der Waals surface area contributed by atoms with Gasteiger partial charge in [-0.05, 0) is 45.8 Å². The summed E-state index contributed by atoms with van der Waals surface area (Å²) in [5.74, 6) is -0.419. The Bertz CT molecular complexity index is 1280. The van der Waals surface area contributed by atoms with Crippen LogP contribution in [-0.4, -0.2) is 11.8 Å². The van der Waals surface area contributed by atoms with Crippen molar-refractivity contribution in [1.29, 1.82) is 0 Å². The van der Waals surface area contributed by atoms with Crippen molar-refractivity contribution in [3.63, 3.8) is 0 Å². The molecule has 0 heterocycles. The van der Waals surface area contributed by atoms with Crippen molar-refractivity contribution in [3.8, 4) is 0 Å². The van der Waals surface area contributed by atoms with Crippen LogP contribution in [0.5, 0.6) is 0 Å². The maximum absolute atomic E-state index is 13.4. The molecule has 4 heteroatoms. The highest BCUT2D eigenvalue weighted by molar-refractivity contribution is 6.29. The van der Waals surface area contributed by atoms with Crippen molar-refractivity contribution in [3.05, 3.63) is 120 Å². The van der Waals surface area contributed by atoms with Gasteiger partial charge < -0.3 is 10.6 Å². The number of para-hydroxylation sites is 2. The molecule has 0 aliphatic rings. The summed E-state index contributed by atoms with van der Waals surface area (Å²) in [5.41, 5.74) is 2.54. The third-order valence-corrected chi connectivity index (χ3v) is 5.45. The van der Waals surface area contributed by atoms with Crippen molar-refractivity contribution >= 4 is 44.7 Å². The molecule has 0 saturated carbocycles. The number of hydrogen-bond donors (Lipinski definition) is 2. The van der Waals surface area contributed by atoms with Crippen LogP contribution in [0.1, 0.15) is 20.7 Å². The standard InChI is InChI=1S/C28H20N2O2/c31-27(29-19-11-3-1-4-12-19)25-21-15-7-9-17-23(21)26(24-18-10-8-16-22(24)25)28(32)30-20-13-5-2-6-14-20/h1-18H,(H,29,31)(H,30,32). The van der Waals surface area contributed by atoms with Gasteiger partial charge in [0, 0.05) is 11.4 Å². The summed E-state index contributed by atoms with van der Waals surface area (Å²) >= 11 is 0. The molecule has 0 atom stereocenters. The van der Waals surface area contributed by atoms with Crippen LogP contribution in [0.25, 0.3) is 21.5 Å². The lowest BCUT2D eigenvalue weighted by Gasteiger charge is -2.16. The molecule has 0 aliphatic heterocycles. The number of carbonyl (C=O) groups is 2. The van der Waals surface area contributed by atoms with E-state index >= 15 is 0 Å². The van der Waals surface area contributed by atoms with Gasteiger partial charge in [0.2, 0.25) is 0 Å². The number of anilines is 2. The molecule has 4 nitrogen and oxygen atoms in total. The van der Waals surface area contributed by atoms with E-state index in [1.165, 1.54) is 0 Å². The quantitative estimate of drug-likeness (QED) is 0.329. The van der Waals surface area contributed by atoms with Gasteiger partial charge in [0.05, 0.1) is 11.1 Å². The normalized spacial score (nSPS) is 10.8. The Morgan fingerprint density at radius 1 is 0.406 bits per heavy atom. The molecular weight excluding hydrogens is 396 g/mol. The first kappa shape index (κ1) is 19.5. The fraction of sp³-hybridized carbons (Fsp3) is 0. The average Bonchev–Trinajstić information content (AvgIpc) is 2.83. The van der Waals surface area contributed by atoms with Gasteiger partial charge in [-0.15, -0.1) is 0 Å². The van der Waals surface area contributed by atoms with E-state index in [1.807, 2.05) is 109 Å². The third-order valence-electron chi connectivity index (χ3n) is 5.45. The van der Waals surface area contributed by atoms with E-state index in [1.54, 1.807) is 0 Å². The lowest BCUT2D eigenvalue weighted by atomic mass is 9.90. The maximum Gasteiger partial charge on any atom is 0.256 e. The average molecular weight is 416 g/mol. The first-order valence-electron chi connectivity index (χ1n) is 10.4. The van der Waals surface area contributed by atoms with Crippen molar-refractivity contribution in [1.82, 2.24) is 0 Å². The first-order chi connectivity index (χ1) is 15.7. The molecule has 154 valence electrons. The molecule has 5 aromatic carbocycles. The molecule has 0 bridgehead atoms. The number of nitrogens with one attached hydrogen (secondary N) is 2. The van der Waals surface area contributed by atoms with Gasteiger partial charge in [0.1, 0.15) is 0 Å². The number of carbonyl (C=O) groups excluding carboxylic acids is 2. The molecule has 0 aliphatic carbocycles. The lowest BCUT2D eigenvalue weighted by molar-refractivity contribution is 0.101. The van der Waals surface area contributed by atoms with E-state index in [-0.39, 0.29) is 11.8 Å². The first-order valence-corrected chi connectivity index (χ1v) is 10.4. The molecule has 0 unspecified atom stereocenters. The van der Waals surface area contributed by atoms with Crippen LogP contribution in [0.15, 0.2) is 109 Å². The molecular formula is C28H20N2O2. The van der Waals surface area contributed by atoms with Crippen LogP contribution >= 0.6 is 0 Å². The number of fused-ring (bicyclic) bond motifs is 2. The summed E-state index contributed by atoms with van der Waals surface area (Å²) in [6.07, 6.45) is 0. The van der Waals surface area contributed by atoms with Crippen molar-refractivity contribution < 1.29 is 9.59 Å². The topological polar surface area (TPSA) is 58.2 Å². The van der Waals surface area contributed by atoms with Gasteiger partial charge in [-0.1, -0.05) is 84.9 Å². The van der Waals surface area contributed by atoms with E-state index in [0.29, 0.717) is 11.1 Å². The van der Waals surface area contributed by atoms with E-state index in [4.69, 9.17) is 0 Å². The Kier molecular flexibility index (Phi) is 5.10. The van der Waals surface area contributed by atoms with Gasteiger partial charge in [-0.25, -0.2) is 0 Å². The molecule has 2 amide bonds. The van der Waals surface area contributed by atoms with Gasteiger partial charge in [-0.3, -0.25) is 9.59 Å². The Hall–Kier alpha value is -4.44. The van der Waals surface area contributed by atoms with E-state index < -0.39 is 0 Å². The van der Waals surface area contributed by atoms with E-state index in [0.717, 1.165) is 32.9 Å². The molecule has 5 rings (SSSR count). The second kappa shape index (κ2) is 8.36. The Morgan fingerprint density at radius 2 is 0.688 bits per heavy atom. The number of amides is 2. The number of benzene rings is 5. The van der Waals surface area contributed by atoms with Crippen LogP contribution in [0.2, 0.25) is 0 Å². The Balaban J connectivity index is 1.70. The molecule has 32 heavy (non-hydrogen) atoms. The van der Waals surface area contributed by atoms with Gasteiger partial charge >= 0.3 is 0 Å². The highest BCUT2D eigenvalue weighted by Crippen LogP contribution is 2.34. The van der Waals surface area contributed by atoms with Crippen LogP contribution in [0.4, 0.5) is 11.4 Å². The molecule has 0 aromatic heterocycles. The van der Waals surface area contributed by atoms with E-state index in [2.05, 4.69) is 10.6 Å². The van der Waals surface area contributed by atoms with Crippen LogP contribution < -0.4 is 10.6 Å². The van der Waals surface area contributed by atoms with Gasteiger partial charge in [-0.2, -0.15) is 0 Å². The van der Waals surface area contributed by atoms with Crippen LogP contribution in [-0.2, 0) is 0 Å². The van der Waals surface area contributed by atoms with E-state index in [9.17, 15) is 9.59 Å². The lowest BCUT2D eigenvalue weighted by Crippen LogP contribution is -2.17. The zero-order valence-corrected chi connectivity index (χ0v) is 17.2. The predicted octanol–water partition coefficient (Wildman–Crippen LogP) is 6.50. The van der Waals surface area contributed by atoms with Crippen molar-refractivity contribution in [2.24, 2.45) is 0 Å². The van der Waals surface area contributed by atoms with Crippen molar-refractivity contribution in [2.75, 3.05) is 10.6 Å². The minimum Gasteiger partial charge on any atom is -0.322 e. The Labute approximate surface area is 185 Å². The zero-order chi connectivity index (χ0) is 21.9. The number of hydrogen-bond acceptors (Lipinski definition) is 2. The summed E-state index contributed by atoms with van der Waals surface area (Å²) in [4.78, 5) is 26.8. The summed E-state index contributed by atoms with van der Waals surface area (Å²) in [6.45, 7) is 0. The molecule has 0 radical (unpaired) electrons. The highest BCUT2D eigenvalue weighted by Gasteiger charge is 2.22. The summed E-state index contributed by atoms with van der Waals surface area (Å²) in [6, 6.07) is 33.8. The van der Waals surface area contributed by atoms with Crippen molar-refractivity contribution in [2.45, 2.75) is 0 Å². The molecule has 0 spiro atoms. The number of rotatable bonds is 4. The molecule has 0 saturated heterocycles. The smallest absolute Gasteiger partial charge is 0.256 e. The summed E-state index contributed by atoms with van der Waals surface area (Å²) in [7, 11) is 0. The fourth-order valence-electron chi connectivity index (χ4n) is 4.05. The van der Waals surface area contributed by atoms with Gasteiger partial charge in [0.25, 0.3) is 11.8 Å². The monoisotopic (exact) mass is 416 g/mol.